The smallest absolute Gasteiger partial charge is 0.325 e. The first-order valence-electron chi connectivity index (χ1n) is 8.52. The van der Waals surface area contributed by atoms with Gasteiger partial charge in [-0.1, -0.05) is 12.1 Å². The van der Waals surface area contributed by atoms with E-state index in [4.69, 9.17) is 9.47 Å². The lowest BCUT2D eigenvalue weighted by Gasteiger charge is -2.12. The van der Waals surface area contributed by atoms with Crippen LogP contribution in [-0.4, -0.2) is 51.8 Å². The van der Waals surface area contributed by atoms with Crippen LogP contribution in [0.3, 0.4) is 0 Å². The van der Waals surface area contributed by atoms with Crippen molar-refractivity contribution in [3.05, 3.63) is 59.7 Å². The van der Waals surface area contributed by atoms with Gasteiger partial charge >= 0.3 is 5.97 Å². The molecule has 0 aliphatic heterocycles. The van der Waals surface area contributed by atoms with E-state index in [1.165, 1.54) is 7.11 Å². The van der Waals surface area contributed by atoms with Crippen LogP contribution in [0.25, 0.3) is 0 Å². The summed E-state index contributed by atoms with van der Waals surface area (Å²) in [6, 6.07) is 13.2. The van der Waals surface area contributed by atoms with E-state index in [9.17, 15) is 14.4 Å². The van der Waals surface area contributed by atoms with Crippen molar-refractivity contribution in [2.45, 2.75) is 0 Å². The van der Waals surface area contributed by atoms with Crippen LogP contribution in [0, 0.1) is 0 Å². The number of anilines is 1. The van der Waals surface area contributed by atoms with Crippen molar-refractivity contribution >= 4 is 23.5 Å². The second kappa shape index (κ2) is 10.7. The number of ether oxygens (including phenoxy) is 3. The van der Waals surface area contributed by atoms with Gasteiger partial charge in [0.15, 0.2) is 0 Å². The highest BCUT2D eigenvalue weighted by molar-refractivity contribution is 6.06. The number of rotatable bonds is 9. The van der Waals surface area contributed by atoms with E-state index in [0.717, 1.165) is 0 Å². The van der Waals surface area contributed by atoms with Crippen molar-refractivity contribution in [3.63, 3.8) is 0 Å². The monoisotopic (exact) mass is 386 g/mol. The van der Waals surface area contributed by atoms with Crippen LogP contribution in [-0.2, 0) is 14.3 Å². The summed E-state index contributed by atoms with van der Waals surface area (Å²) in [5.74, 6) is -0.837. The summed E-state index contributed by atoms with van der Waals surface area (Å²) >= 11 is 0. The average molecular weight is 386 g/mol. The summed E-state index contributed by atoms with van der Waals surface area (Å²) in [4.78, 5) is 35.6. The maximum atomic E-state index is 12.5. The molecule has 2 N–H and O–H groups in total. The summed E-state index contributed by atoms with van der Waals surface area (Å²) in [5.41, 5.74) is 1.25. The van der Waals surface area contributed by atoms with E-state index in [1.807, 2.05) is 0 Å². The van der Waals surface area contributed by atoms with E-state index in [2.05, 4.69) is 15.4 Å². The summed E-state index contributed by atoms with van der Waals surface area (Å²) < 4.78 is 15.0. The van der Waals surface area contributed by atoms with Crippen molar-refractivity contribution in [1.29, 1.82) is 0 Å². The lowest BCUT2D eigenvalue weighted by atomic mass is 10.1. The van der Waals surface area contributed by atoms with Crippen LogP contribution in [0.15, 0.2) is 48.5 Å². The van der Waals surface area contributed by atoms with Crippen molar-refractivity contribution < 1.29 is 28.6 Å². The minimum absolute atomic E-state index is 0.215. The topological polar surface area (TPSA) is 103 Å². The molecule has 0 aliphatic carbocycles. The van der Waals surface area contributed by atoms with Crippen LogP contribution >= 0.6 is 0 Å². The van der Waals surface area contributed by atoms with E-state index in [-0.39, 0.29) is 12.5 Å². The molecule has 8 nitrogen and oxygen atoms in total. The number of carbonyl (C=O) groups excluding carboxylic acids is 3. The van der Waals surface area contributed by atoms with E-state index >= 15 is 0 Å². The number of para-hydroxylation sites is 1. The molecule has 0 heterocycles. The predicted octanol–water partition coefficient (Wildman–Crippen LogP) is 1.87. The molecular weight excluding hydrogens is 364 g/mol. The Morgan fingerprint density at radius 2 is 1.61 bits per heavy atom. The number of benzene rings is 2. The third kappa shape index (κ3) is 6.10. The van der Waals surface area contributed by atoms with Gasteiger partial charge in [0.1, 0.15) is 18.9 Å². The third-order valence-corrected chi connectivity index (χ3v) is 3.70. The van der Waals surface area contributed by atoms with Gasteiger partial charge in [0.25, 0.3) is 11.8 Å². The molecule has 0 spiro atoms. The Labute approximate surface area is 162 Å². The standard InChI is InChI=1S/C20H22N2O6/c1-26-11-12-28-17-6-4-3-5-16(17)20(25)22-15-9-7-14(8-10-15)19(24)21-13-18(23)27-2/h3-10H,11-13H2,1-2H3,(H,21,24)(H,22,25). The molecule has 0 saturated carbocycles. The zero-order valence-electron chi connectivity index (χ0n) is 15.7. The number of methoxy groups -OCH3 is 2. The molecule has 0 aromatic heterocycles. The Morgan fingerprint density at radius 3 is 2.29 bits per heavy atom. The summed E-state index contributed by atoms with van der Waals surface area (Å²) in [6.45, 7) is 0.527. The number of esters is 1. The van der Waals surface area contributed by atoms with Gasteiger partial charge in [-0.15, -0.1) is 0 Å². The van der Waals surface area contributed by atoms with E-state index < -0.39 is 11.9 Å². The molecular formula is C20H22N2O6. The normalized spacial score (nSPS) is 10.1. The van der Waals surface area contributed by atoms with Crippen molar-refractivity contribution in [2.24, 2.45) is 0 Å². The molecule has 148 valence electrons. The Bertz CT molecular complexity index is 820. The highest BCUT2D eigenvalue weighted by Gasteiger charge is 2.13. The van der Waals surface area contributed by atoms with Gasteiger partial charge in [-0.25, -0.2) is 0 Å². The van der Waals surface area contributed by atoms with Gasteiger partial charge in [-0.2, -0.15) is 0 Å². The zero-order valence-corrected chi connectivity index (χ0v) is 15.7. The molecule has 0 aliphatic rings. The van der Waals surface area contributed by atoms with Crippen molar-refractivity contribution in [1.82, 2.24) is 5.32 Å². The fourth-order valence-corrected chi connectivity index (χ4v) is 2.25. The van der Waals surface area contributed by atoms with Crippen molar-refractivity contribution in [2.75, 3.05) is 39.3 Å². The number of nitrogens with one attached hydrogen (secondary N) is 2. The molecule has 2 aromatic carbocycles. The Balaban J connectivity index is 1.99. The second-order valence-electron chi connectivity index (χ2n) is 5.63. The van der Waals surface area contributed by atoms with E-state index in [0.29, 0.717) is 35.8 Å². The molecule has 0 saturated heterocycles. The highest BCUT2D eigenvalue weighted by Crippen LogP contribution is 2.20. The molecule has 2 aromatic rings. The summed E-state index contributed by atoms with van der Waals surface area (Å²) in [7, 11) is 2.81. The number of hydrogen-bond acceptors (Lipinski definition) is 6. The van der Waals surface area contributed by atoms with Gasteiger partial charge in [0, 0.05) is 18.4 Å². The molecule has 0 fully saturated rings. The van der Waals surface area contributed by atoms with Gasteiger partial charge in [0.2, 0.25) is 0 Å². The minimum Gasteiger partial charge on any atom is -0.490 e. The summed E-state index contributed by atoms with van der Waals surface area (Å²) in [6.07, 6.45) is 0. The number of carbonyl (C=O) groups is 3. The molecule has 28 heavy (non-hydrogen) atoms. The second-order valence-corrected chi connectivity index (χ2v) is 5.63. The maximum absolute atomic E-state index is 12.5. The predicted molar refractivity (Wildman–Crippen MR) is 103 cm³/mol. The first-order chi connectivity index (χ1) is 13.5. The fourth-order valence-electron chi connectivity index (χ4n) is 2.25. The minimum atomic E-state index is -0.538. The first kappa shape index (κ1) is 20.9. The molecule has 2 rings (SSSR count). The van der Waals surface area contributed by atoms with Gasteiger partial charge in [0.05, 0.1) is 19.3 Å². The first-order valence-corrected chi connectivity index (χ1v) is 8.52. The quantitative estimate of drug-likeness (QED) is 0.504. The molecule has 0 atom stereocenters. The third-order valence-electron chi connectivity index (χ3n) is 3.70. The van der Waals surface area contributed by atoms with Crippen LogP contribution < -0.4 is 15.4 Å². The molecule has 0 radical (unpaired) electrons. The molecule has 2 amide bonds. The largest absolute Gasteiger partial charge is 0.490 e. The lowest BCUT2D eigenvalue weighted by molar-refractivity contribution is -0.139. The Kier molecular flexibility index (Phi) is 7.98. The van der Waals surface area contributed by atoms with Crippen LogP contribution in [0.2, 0.25) is 0 Å². The van der Waals surface area contributed by atoms with Gasteiger partial charge in [-0.3, -0.25) is 14.4 Å². The SMILES string of the molecule is COCCOc1ccccc1C(=O)Nc1ccc(C(=O)NCC(=O)OC)cc1. The number of amides is 2. The van der Waals surface area contributed by atoms with E-state index in [1.54, 1.807) is 55.6 Å². The Morgan fingerprint density at radius 1 is 0.893 bits per heavy atom. The lowest BCUT2D eigenvalue weighted by Crippen LogP contribution is -2.30. The maximum Gasteiger partial charge on any atom is 0.325 e. The van der Waals surface area contributed by atoms with Gasteiger partial charge < -0.3 is 24.8 Å². The molecule has 0 unspecified atom stereocenters. The average Bonchev–Trinajstić information content (AvgIpc) is 2.72. The number of hydrogen-bond donors (Lipinski definition) is 2. The molecule has 8 heteroatoms. The summed E-state index contributed by atoms with van der Waals surface area (Å²) in [5, 5.41) is 5.20. The Hall–Kier alpha value is -3.39. The van der Waals surface area contributed by atoms with Crippen LogP contribution in [0.1, 0.15) is 20.7 Å². The molecule has 0 bridgehead atoms. The fraction of sp³-hybridized carbons (Fsp3) is 0.250. The van der Waals surface area contributed by atoms with Crippen LogP contribution in [0.4, 0.5) is 5.69 Å². The highest BCUT2D eigenvalue weighted by atomic mass is 16.5. The van der Waals surface area contributed by atoms with Crippen molar-refractivity contribution in [3.8, 4) is 5.75 Å². The van der Waals surface area contributed by atoms with Gasteiger partial charge in [-0.05, 0) is 36.4 Å². The van der Waals surface area contributed by atoms with Crippen LogP contribution in [0.5, 0.6) is 5.75 Å². The zero-order chi connectivity index (χ0) is 20.4.